The molecule has 0 bridgehead atoms. The molecule has 0 aliphatic heterocycles. The van der Waals surface area contributed by atoms with Gasteiger partial charge in [-0.15, -0.1) is 10.2 Å². The maximum Gasteiger partial charge on any atom is 0.257 e. The Bertz CT molecular complexity index is 775. The fourth-order valence-corrected chi connectivity index (χ4v) is 2.82. The Morgan fingerprint density at radius 1 is 1.23 bits per heavy atom. The number of benzene rings is 1. The molecule has 0 spiro atoms. The Labute approximate surface area is 131 Å². The zero-order chi connectivity index (χ0) is 15.5. The van der Waals surface area contributed by atoms with E-state index in [2.05, 4.69) is 25.6 Å². The monoisotopic (exact) mass is 314 g/mol. The molecule has 1 aromatic carbocycles. The summed E-state index contributed by atoms with van der Waals surface area (Å²) in [5, 5.41) is 16.0. The van der Waals surface area contributed by atoms with Crippen molar-refractivity contribution in [2.75, 3.05) is 5.32 Å². The molecule has 0 aliphatic carbocycles. The molecule has 0 aliphatic rings. The number of aryl methyl sites for hydroxylation is 2. The third-order valence-electron chi connectivity index (χ3n) is 2.94. The van der Waals surface area contributed by atoms with Crippen LogP contribution < -0.4 is 5.32 Å². The van der Waals surface area contributed by atoms with E-state index in [0.717, 1.165) is 16.1 Å². The van der Waals surface area contributed by atoms with Gasteiger partial charge in [0.2, 0.25) is 5.13 Å². The van der Waals surface area contributed by atoms with Crippen molar-refractivity contribution in [2.45, 2.75) is 20.4 Å². The average Bonchev–Trinajstić information content (AvgIpc) is 3.10. The molecule has 1 N–H and O–H groups in total. The van der Waals surface area contributed by atoms with Gasteiger partial charge in [0.05, 0.1) is 6.54 Å². The molecule has 0 radical (unpaired) electrons. The van der Waals surface area contributed by atoms with Gasteiger partial charge in [-0.25, -0.2) is 9.67 Å². The van der Waals surface area contributed by atoms with Gasteiger partial charge >= 0.3 is 0 Å². The van der Waals surface area contributed by atoms with Crippen LogP contribution in [0.15, 0.2) is 30.9 Å². The summed E-state index contributed by atoms with van der Waals surface area (Å²) in [7, 11) is 0. The second-order valence-electron chi connectivity index (χ2n) is 4.92. The average molecular weight is 314 g/mol. The minimum atomic E-state index is -0.185. The van der Waals surface area contributed by atoms with E-state index < -0.39 is 0 Å². The summed E-state index contributed by atoms with van der Waals surface area (Å²) in [6.07, 6.45) is 3.07. The summed E-state index contributed by atoms with van der Waals surface area (Å²) in [5.74, 6) is -0.185. The first-order chi connectivity index (χ1) is 10.6. The first-order valence-corrected chi connectivity index (χ1v) is 7.46. The van der Waals surface area contributed by atoms with Crippen LogP contribution in [0.4, 0.5) is 5.13 Å². The molecule has 1 amide bonds. The van der Waals surface area contributed by atoms with Gasteiger partial charge in [-0.2, -0.15) is 5.10 Å². The molecular weight excluding hydrogens is 300 g/mol. The minimum Gasteiger partial charge on any atom is -0.296 e. The van der Waals surface area contributed by atoms with Crippen molar-refractivity contribution in [1.82, 2.24) is 25.0 Å². The molecular formula is C14H14N6OS. The van der Waals surface area contributed by atoms with Gasteiger partial charge in [0.25, 0.3) is 5.91 Å². The van der Waals surface area contributed by atoms with Crippen LogP contribution in [0.25, 0.3) is 0 Å². The van der Waals surface area contributed by atoms with Gasteiger partial charge in [0.15, 0.2) is 0 Å². The number of nitrogens with one attached hydrogen (secondary N) is 1. The molecule has 7 nitrogen and oxygen atoms in total. The first kappa shape index (κ1) is 14.3. The molecule has 8 heteroatoms. The van der Waals surface area contributed by atoms with Gasteiger partial charge in [-0.3, -0.25) is 10.1 Å². The molecule has 22 heavy (non-hydrogen) atoms. The van der Waals surface area contributed by atoms with Crippen LogP contribution in [0.5, 0.6) is 0 Å². The molecule has 0 saturated heterocycles. The smallest absolute Gasteiger partial charge is 0.257 e. The number of hydrogen-bond acceptors (Lipinski definition) is 6. The van der Waals surface area contributed by atoms with E-state index in [4.69, 9.17) is 0 Å². The highest BCUT2D eigenvalue weighted by molar-refractivity contribution is 7.15. The Morgan fingerprint density at radius 2 is 2.00 bits per heavy atom. The van der Waals surface area contributed by atoms with Crippen molar-refractivity contribution in [1.29, 1.82) is 0 Å². The van der Waals surface area contributed by atoms with Gasteiger partial charge in [-0.1, -0.05) is 28.5 Å². The van der Waals surface area contributed by atoms with E-state index in [1.807, 2.05) is 32.0 Å². The van der Waals surface area contributed by atoms with Crippen LogP contribution in [0.3, 0.4) is 0 Å². The van der Waals surface area contributed by atoms with Crippen LogP contribution in [-0.4, -0.2) is 30.9 Å². The third-order valence-corrected chi connectivity index (χ3v) is 3.76. The summed E-state index contributed by atoms with van der Waals surface area (Å²) >= 11 is 1.32. The molecule has 0 unspecified atom stereocenters. The number of aromatic nitrogens is 5. The van der Waals surface area contributed by atoms with Crippen molar-refractivity contribution in [2.24, 2.45) is 0 Å². The third kappa shape index (κ3) is 3.34. The predicted molar refractivity (Wildman–Crippen MR) is 82.9 cm³/mol. The fraction of sp³-hybridized carbons (Fsp3) is 0.214. The number of carbonyl (C=O) groups is 1. The van der Waals surface area contributed by atoms with Gasteiger partial charge < -0.3 is 0 Å². The molecule has 3 rings (SSSR count). The van der Waals surface area contributed by atoms with E-state index in [0.29, 0.717) is 17.2 Å². The van der Waals surface area contributed by atoms with E-state index in [1.165, 1.54) is 17.7 Å². The van der Waals surface area contributed by atoms with Crippen molar-refractivity contribution in [3.63, 3.8) is 0 Å². The highest BCUT2D eigenvalue weighted by Crippen LogP contribution is 2.17. The Morgan fingerprint density at radius 3 is 2.68 bits per heavy atom. The maximum atomic E-state index is 12.2. The van der Waals surface area contributed by atoms with E-state index in [9.17, 15) is 4.79 Å². The second-order valence-corrected chi connectivity index (χ2v) is 5.99. The maximum absolute atomic E-state index is 12.2. The number of nitrogens with zero attached hydrogens (tertiary/aromatic N) is 5. The van der Waals surface area contributed by atoms with Crippen molar-refractivity contribution >= 4 is 22.4 Å². The standard InChI is InChI=1S/C14H14N6OS/c1-9-3-10(2)5-11(4-9)13(21)17-14-19-18-12(22-14)6-20-8-15-7-16-20/h3-5,7-8H,6H2,1-2H3,(H,17,19,21). The Hall–Kier alpha value is -2.61. The SMILES string of the molecule is Cc1cc(C)cc(C(=O)Nc2nnc(Cn3cncn3)s2)c1. The number of hydrogen-bond donors (Lipinski definition) is 1. The molecule has 0 saturated carbocycles. The first-order valence-electron chi connectivity index (χ1n) is 6.64. The van der Waals surface area contributed by atoms with Crippen LogP contribution in [-0.2, 0) is 6.54 Å². The Kier molecular flexibility index (Phi) is 3.92. The number of carbonyl (C=O) groups excluding carboxylic acids is 1. The van der Waals surface area contributed by atoms with Gasteiger partial charge in [-0.05, 0) is 26.0 Å². The number of rotatable bonds is 4. The Balaban J connectivity index is 1.70. The fourth-order valence-electron chi connectivity index (χ4n) is 2.10. The van der Waals surface area contributed by atoms with Crippen molar-refractivity contribution in [3.8, 4) is 0 Å². The van der Waals surface area contributed by atoms with Gasteiger partial charge in [0, 0.05) is 5.56 Å². The summed E-state index contributed by atoms with van der Waals surface area (Å²) < 4.78 is 1.65. The topological polar surface area (TPSA) is 85.6 Å². The lowest BCUT2D eigenvalue weighted by molar-refractivity contribution is 0.102. The number of amides is 1. The zero-order valence-electron chi connectivity index (χ0n) is 12.1. The highest BCUT2D eigenvalue weighted by Gasteiger charge is 2.11. The lowest BCUT2D eigenvalue weighted by Gasteiger charge is -2.04. The summed E-state index contributed by atoms with van der Waals surface area (Å²) in [6.45, 7) is 4.41. The van der Waals surface area contributed by atoms with Crippen molar-refractivity contribution in [3.05, 3.63) is 52.6 Å². The largest absolute Gasteiger partial charge is 0.296 e. The van der Waals surface area contributed by atoms with E-state index in [-0.39, 0.29) is 5.91 Å². The minimum absolute atomic E-state index is 0.185. The molecule has 0 fully saturated rings. The van der Waals surface area contributed by atoms with Crippen LogP contribution in [0.2, 0.25) is 0 Å². The highest BCUT2D eigenvalue weighted by atomic mass is 32.1. The van der Waals surface area contributed by atoms with Gasteiger partial charge in [0.1, 0.15) is 17.7 Å². The van der Waals surface area contributed by atoms with Crippen LogP contribution in [0, 0.1) is 13.8 Å². The van der Waals surface area contributed by atoms with E-state index in [1.54, 1.807) is 11.0 Å². The predicted octanol–water partition coefficient (Wildman–Crippen LogP) is 2.05. The second kappa shape index (κ2) is 6.02. The summed E-state index contributed by atoms with van der Waals surface area (Å²) in [4.78, 5) is 16.1. The van der Waals surface area contributed by atoms with Crippen LogP contribution >= 0.6 is 11.3 Å². The van der Waals surface area contributed by atoms with Crippen molar-refractivity contribution < 1.29 is 4.79 Å². The lowest BCUT2D eigenvalue weighted by atomic mass is 10.1. The van der Waals surface area contributed by atoms with Crippen LogP contribution in [0.1, 0.15) is 26.5 Å². The quantitative estimate of drug-likeness (QED) is 0.796. The normalized spacial score (nSPS) is 10.6. The molecule has 2 heterocycles. The number of anilines is 1. The zero-order valence-corrected chi connectivity index (χ0v) is 13.0. The molecule has 0 atom stereocenters. The lowest BCUT2D eigenvalue weighted by Crippen LogP contribution is -2.12. The van der Waals surface area contributed by atoms with E-state index >= 15 is 0 Å². The molecule has 112 valence electrons. The molecule has 3 aromatic rings. The molecule has 2 aromatic heterocycles. The summed E-state index contributed by atoms with van der Waals surface area (Å²) in [6, 6.07) is 5.72. The summed E-state index contributed by atoms with van der Waals surface area (Å²) in [5.41, 5.74) is 2.72.